The first-order valence-electron chi connectivity index (χ1n) is 15.0. The van der Waals surface area contributed by atoms with Crippen molar-refractivity contribution < 1.29 is 19.3 Å². The van der Waals surface area contributed by atoms with E-state index in [0.717, 1.165) is 44.5 Å². The number of nitro benzene ring substituents is 2. The minimum atomic E-state index is -0.652. The fourth-order valence-electron chi connectivity index (χ4n) is 6.54. The molecule has 1 aliphatic carbocycles. The molecule has 6 aromatic carbocycles. The topological polar surface area (TPSA) is 105 Å². The van der Waals surface area contributed by atoms with E-state index in [0.29, 0.717) is 23.0 Å². The van der Waals surface area contributed by atoms with Crippen LogP contribution in [0.25, 0.3) is 11.1 Å². The third kappa shape index (κ3) is 5.06. The molecule has 6 aromatic rings. The van der Waals surface area contributed by atoms with Gasteiger partial charge in [0.25, 0.3) is 11.4 Å². The number of aryl methyl sites for hydroxylation is 2. The van der Waals surface area contributed by atoms with Crippen LogP contribution in [0.1, 0.15) is 33.4 Å². The van der Waals surface area contributed by atoms with Gasteiger partial charge in [0.15, 0.2) is 0 Å². The molecule has 0 fully saturated rings. The Balaban J connectivity index is 1.34. The van der Waals surface area contributed by atoms with Gasteiger partial charge in [-0.25, -0.2) is 0 Å². The lowest BCUT2D eigenvalue weighted by Gasteiger charge is -2.34. The van der Waals surface area contributed by atoms with Gasteiger partial charge < -0.3 is 9.47 Å². The van der Waals surface area contributed by atoms with Crippen LogP contribution in [0.15, 0.2) is 133 Å². The molecule has 0 N–H and O–H groups in total. The number of nitrogens with zero attached hydrogens (tertiary/aromatic N) is 2. The Kier molecular flexibility index (Phi) is 7.25. The quantitative estimate of drug-likeness (QED) is 0.124. The predicted octanol–water partition coefficient (Wildman–Crippen LogP) is 10.1. The molecule has 0 radical (unpaired) electrons. The molecule has 230 valence electrons. The summed E-state index contributed by atoms with van der Waals surface area (Å²) in [5.41, 5.74) is 7.95. The van der Waals surface area contributed by atoms with Crippen molar-refractivity contribution >= 4 is 11.4 Å². The Morgan fingerprint density at radius 3 is 1.26 bits per heavy atom. The highest BCUT2D eigenvalue weighted by atomic mass is 16.6. The molecule has 0 atom stereocenters. The van der Waals surface area contributed by atoms with Gasteiger partial charge in [0.2, 0.25) is 0 Å². The van der Waals surface area contributed by atoms with Crippen LogP contribution < -0.4 is 9.47 Å². The van der Waals surface area contributed by atoms with E-state index in [2.05, 4.69) is 72.8 Å². The molecule has 0 spiro atoms. The number of fused-ring (bicyclic) bond motifs is 3. The zero-order valence-corrected chi connectivity index (χ0v) is 25.5. The van der Waals surface area contributed by atoms with Crippen LogP contribution >= 0.6 is 0 Å². The van der Waals surface area contributed by atoms with Crippen molar-refractivity contribution in [2.45, 2.75) is 19.3 Å². The smallest absolute Gasteiger partial charge is 0.269 e. The Bertz CT molecular complexity index is 2020. The van der Waals surface area contributed by atoms with E-state index < -0.39 is 15.3 Å². The summed E-state index contributed by atoms with van der Waals surface area (Å²) >= 11 is 0. The molecule has 7 rings (SSSR count). The molecule has 47 heavy (non-hydrogen) atoms. The Morgan fingerprint density at radius 1 is 0.511 bits per heavy atom. The number of ether oxygens (including phenoxy) is 2. The lowest BCUT2D eigenvalue weighted by atomic mass is 9.67. The van der Waals surface area contributed by atoms with E-state index in [1.165, 1.54) is 24.3 Å². The molecule has 1 aliphatic rings. The van der Waals surface area contributed by atoms with E-state index in [4.69, 9.17) is 9.47 Å². The summed E-state index contributed by atoms with van der Waals surface area (Å²) in [5.74, 6) is 2.33. The second kappa shape index (κ2) is 11.6. The highest BCUT2D eigenvalue weighted by Gasteiger charge is 2.46. The van der Waals surface area contributed by atoms with Crippen molar-refractivity contribution in [1.29, 1.82) is 0 Å². The monoisotopic (exact) mass is 620 g/mol. The van der Waals surface area contributed by atoms with Gasteiger partial charge in [0, 0.05) is 24.3 Å². The van der Waals surface area contributed by atoms with Gasteiger partial charge in [0.05, 0.1) is 15.3 Å². The fraction of sp³-hybridized carbons (Fsp3) is 0.0769. The summed E-state index contributed by atoms with van der Waals surface area (Å²) in [5, 5.41) is 22.2. The van der Waals surface area contributed by atoms with Crippen molar-refractivity contribution in [3.05, 3.63) is 187 Å². The first-order valence-corrected chi connectivity index (χ1v) is 15.0. The number of nitro groups is 2. The maximum atomic E-state index is 11.1. The van der Waals surface area contributed by atoms with E-state index in [1.54, 1.807) is 24.3 Å². The Morgan fingerprint density at radius 2 is 0.894 bits per heavy atom. The van der Waals surface area contributed by atoms with Gasteiger partial charge in [-0.1, -0.05) is 72.8 Å². The normalized spacial score (nSPS) is 12.6. The van der Waals surface area contributed by atoms with Crippen LogP contribution in [0.5, 0.6) is 23.0 Å². The molecule has 0 aliphatic heterocycles. The van der Waals surface area contributed by atoms with Crippen LogP contribution in [0, 0.1) is 34.1 Å². The molecule has 0 bridgehead atoms. The van der Waals surface area contributed by atoms with E-state index in [1.807, 2.05) is 26.0 Å². The summed E-state index contributed by atoms with van der Waals surface area (Å²) in [7, 11) is 0. The van der Waals surface area contributed by atoms with E-state index in [-0.39, 0.29) is 11.4 Å². The van der Waals surface area contributed by atoms with Gasteiger partial charge in [-0.3, -0.25) is 20.2 Å². The second-order valence-electron chi connectivity index (χ2n) is 11.5. The second-order valence-corrected chi connectivity index (χ2v) is 11.5. The maximum Gasteiger partial charge on any atom is 0.269 e. The molecule has 0 heterocycles. The summed E-state index contributed by atoms with van der Waals surface area (Å²) in [6, 6.07) is 41.4. The first-order chi connectivity index (χ1) is 22.8. The molecule has 0 amide bonds. The largest absolute Gasteiger partial charge is 0.457 e. The van der Waals surface area contributed by atoms with Crippen molar-refractivity contribution in [2.24, 2.45) is 0 Å². The molecule has 0 saturated carbocycles. The third-order valence-electron chi connectivity index (χ3n) is 8.72. The van der Waals surface area contributed by atoms with Crippen LogP contribution in [-0.4, -0.2) is 9.85 Å². The van der Waals surface area contributed by atoms with Gasteiger partial charge in [-0.15, -0.1) is 0 Å². The molecule has 8 nitrogen and oxygen atoms in total. The number of hydrogen-bond donors (Lipinski definition) is 0. The SMILES string of the molecule is Cc1cc(C2(c3ccc(Oc4ccc([N+](=O)[O-])cc4)c(C)c3)c3ccccc3-c3ccccc32)ccc1Oc1ccc([N+](=O)[O-])cc1. The van der Waals surface area contributed by atoms with E-state index >= 15 is 0 Å². The number of hydrogen-bond acceptors (Lipinski definition) is 6. The van der Waals surface area contributed by atoms with Crippen LogP contribution in [0.2, 0.25) is 0 Å². The zero-order valence-electron chi connectivity index (χ0n) is 25.5. The average Bonchev–Trinajstić information content (AvgIpc) is 3.38. The lowest BCUT2D eigenvalue weighted by molar-refractivity contribution is -0.385. The van der Waals surface area contributed by atoms with Crippen molar-refractivity contribution in [2.75, 3.05) is 0 Å². The average molecular weight is 621 g/mol. The zero-order chi connectivity index (χ0) is 32.7. The Hall–Kier alpha value is -6.28. The summed E-state index contributed by atoms with van der Waals surface area (Å²) in [4.78, 5) is 21.3. The van der Waals surface area contributed by atoms with Gasteiger partial charge in [-0.05, 0) is 94.8 Å². The molecular formula is C39H28N2O6. The first kappa shape index (κ1) is 29.4. The highest BCUT2D eigenvalue weighted by molar-refractivity contribution is 5.86. The number of benzene rings is 6. The highest BCUT2D eigenvalue weighted by Crippen LogP contribution is 2.56. The van der Waals surface area contributed by atoms with Gasteiger partial charge >= 0.3 is 0 Å². The Labute approximate surface area is 270 Å². The van der Waals surface area contributed by atoms with Crippen LogP contribution in [0.4, 0.5) is 11.4 Å². The summed E-state index contributed by atoms with van der Waals surface area (Å²) < 4.78 is 12.3. The van der Waals surface area contributed by atoms with Crippen LogP contribution in [-0.2, 0) is 5.41 Å². The minimum absolute atomic E-state index is 0.00406. The van der Waals surface area contributed by atoms with Crippen LogP contribution in [0.3, 0.4) is 0 Å². The van der Waals surface area contributed by atoms with Crippen molar-refractivity contribution in [1.82, 2.24) is 0 Å². The van der Waals surface area contributed by atoms with Gasteiger partial charge in [0.1, 0.15) is 23.0 Å². The molecule has 0 unspecified atom stereocenters. The van der Waals surface area contributed by atoms with Gasteiger partial charge in [-0.2, -0.15) is 0 Å². The molecule has 8 heteroatoms. The van der Waals surface area contributed by atoms with Crippen molar-refractivity contribution in [3.8, 4) is 34.1 Å². The maximum absolute atomic E-state index is 11.1. The fourth-order valence-corrected chi connectivity index (χ4v) is 6.54. The van der Waals surface area contributed by atoms with Crippen molar-refractivity contribution in [3.63, 3.8) is 0 Å². The summed E-state index contributed by atoms with van der Waals surface area (Å²) in [6.07, 6.45) is 0. The third-order valence-corrected chi connectivity index (χ3v) is 8.72. The number of non-ortho nitro benzene ring substituents is 2. The minimum Gasteiger partial charge on any atom is -0.457 e. The lowest BCUT2D eigenvalue weighted by Crippen LogP contribution is -2.28. The standard InChI is InChI=1S/C39H28N2O6/c1-25-23-27(11-21-37(25)46-31-17-13-29(14-18-31)40(42)43)39(35-9-5-3-7-33(35)34-8-4-6-10-36(34)39)28-12-22-38(26(2)24-28)47-32-19-15-30(16-20-32)41(44)45/h3-24H,1-2H3. The number of rotatable bonds is 8. The predicted molar refractivity (Wildman–Crippen MR) is 180 cm³/mol. The molecule has 0 aromatic heterocycles. The summed E-state index contributed by atoms with van der Waals surface area (Å²) in [6.45, 7) is 3.99. The van der Waals surface area contributed by atoms with E-state index in [9.17, 15) is 20.2 Å². The molecule has 0 saturated heterocycles. The molecular weight excluding hydrogens is 592 g/mol.